The maximum absolute atomic E-state index is 13.0. The third-order valence-corrected chi connectivity index (χ3v) is 5.71. The van der Waals surface area contributed by atoms with E-state index in [1.807, 2.05) is 30.3 Å². The van der Waals surface area contributed by atoms with Crippen molar-refractivity contribution in [3.63, 3.8) is 0 Å². The molecule has 4 rings (SSSR count). The molecule has 0 unspecified atom stereocenters. The van der Waals surface area contributed by atoms with Gasteiger partial charge in [0.15, 0.2) is 10.3 Å². The molecule has 28 heavy (non-hydrogen) atoms. The predicted molar refractivity (Wildman–Crippen MR) is 111 cm³/mol. The van der Waals surface area contributed by atoms with Gasteiger partial charge in [-0.05, 0) is 72.4 Å². The molecule has 3 aromatic rings. The Morgan fingerprint density at radius 3 is 2.57 bits per heavy atom. The fraction of sp³-hybridized carbons (Fsp3) is 0. The minimum Gasteiger partial charge on any atom is -0.450 e. The van der Waals surface area contributed by atoms with Gasteiger partial charge in [0.25, 0.3) is 5.91 Å². The van der Waals surface area contributed by atoms with Crippen LogP contribution in [0, 0.1) is 5.82 Å². The van der Waals surface area contributed by atoms with Crippen molar-refractivity contribution in [2.45, 2.75) is 9.99 Å². The zero-order valence-corrected chi connectivity index (χ0v) is 16.6. The van der Waals surface area contributed by atoms with Crippen LogP contribution in [-0.2, 0) is 4.79 Å². The van der Waals surface area contributed by atoms with Gasteiger partial charge < -0.3 is 9.73 Å². The van der Waals surface area contributed by atoms with Crippen LogP contribution >= 0.6 is 35.1 Å². The summed E-state index contributed by atoms with van der Waals surface area (Å²) in [6.07, 6.45) is 1.67. The average Bonchev–Trinajstić information content (AvgIpc) is 3.26. The minimum atomic E-state index is -0.335. The molecule has 2 heterocycles. The lowest BCUT2D eigenvalue weighted by Crippen LogP contribution is -2.19. The van der Waals surface area contributed by atoms with Crippen molar-refractivity contribution < 1.29 is 13.6 Å². The van der Waals surface area contributed by atoms with Gasteiger partial charge in [-0.25, -0.2) is 9.38 Å². The second kappa shape index (κ2) is 8.26. The highest BCUT2D eigenvalue weighted by atomic mass is 35.5. The standard InChI is InChI=1S/C20H12ClFN2O2S2/c21-12-1-8-16(9-2-12)27-18-10-7-15(26-18)11-17-19(25)24-20(28-17)23-14-5-3-13(22)4-6-14/h1-11H,(H,23,24,25). The first-order chi connectivity index (χ1) is 13.5. The highest BCUT2D eigenvalue weighted by molar-refractivity contribution is 8.18. The molecule has 1 N–H and O–H groups in total. The van der Waals surface area contributed by atoms with Crippen LogP contribution in [0.15, 0.2) is 85.0 Å². The lowest BCUT2D eigenvalue weighted by atomic mass is 10.3. The fourth-order valence-electron chi connectivity index (χ4n) is 2.33. The molecule has 0 bridgehead atoms. The fourth-order valence-corrected chi connectivity index (χ4v) is 4.05. The van der Waals surface area contributed by atoms with E-state index in [9.17, 15) is 9.18 Å². The minimum absolute atomic E-state index is 0.255. The second-order valence-electron chi connectivity index (χ2n) is 5.67. The van der Waals surface area contributed by atoms with Crippen molar-refractivity contribution in [3.05, 3.63) is 82.2 Å². The Bertz CT molecular complexity index is 1080. The molecule has 1 amide bonds. The highest BCUT2D eigenvalue weighted by Gasteiger charge is 2.24. The van der Waals surface area contributed by atoms with Gasteiger partial charge in [0.2, 0.25) is 0 Å². The SMILES string of the molecule is O=C1NC(=Nc2ccc(F)cc2)SC1=Cc1ccc(Sc2ccc(Cl)cc2)o1. The van der Waals surface area contributed by atoms with Gasteiger partial charge in [-0.15, -0.1) is 0 Å². The van der Waals surface area contributed by atoms with Crippen LogP contribution in [-0.4, -0.2) is 11.1 Å². The van der Waals surface area contributed by atoms with E-state index in [1.165, 1.54) is 35.7 Å². The van der Waals surface area contributed by atoms with Crippen LogP contribution in [0.5, 0.6) is 0 Å². The number of hydrogen-bond donors (Lipinski definition) is 1. The van der Waals surface area contributed by atoms with Gasteiger partial charge in [-0.2, -0.15) is 0 Å². The van der Waals surface area contributed by atoms with Gasteiger partial charge >= 0.3 is 0 Å². The molecule has 1 aliphatic rings. The van der Waals surface area contributed by atoms with Crippen molar-refractivity contribution in [1.29, 1.82) is 0 Å². The van der Waals surface area contributed by atoms with Gasteiger partial charge in [0, 0.05) is 16.0 Å². The number of nitrogens with one attached hydrogen (secondary N) is 1. The predicted octanol–water partition coefficient (Wildman–Crippen LogP) is 6.11. The zero-order chi connectivity index (χ0) is 19.5. The number of carbonyl (C=O) groups excluding carboxylic acids is 1. The number of halogens is 2. The summed E-state index contributed by atoms with van der Waals surface area (Å²) < 4.78 is 18.7. The molecule has 2 aromatic carbocycles. The molecule has 1 fully saturated rings. The van der Waals surface area contributed by atoms with E-state index in [0.717, 1.165) is 4.90 Å². The summed E-state index contributed by atoms with van der Waals surface area (Å²) in [6.45, 7) is 0. The van der Waals surface area contributed by atoms with E-state index < -0.39 is 0 Å². The summed E-state index contributed by atoms with van der Waals surface area (Å²) >= 11 is 8.56. The second-order valence-corrected chi connectivity index (χ2v) is 8.22. The number of nitrogens with zero attached hydrogens (tertiary/aromatic N) is 1. The van der Waals surface area contributed by atoms with Crippen molar-refractivity contribution in [2.75, 3.05) is 0 Å². The van der Waals surface area contributed by atoms with E-state index in [1.54, 1.807) is 24.3 Å². The first kappa shape index (κ1) is 18.9. The number of benzene rings is 2. The Balaban J connectivity index is 1.47. The molecule has 1 aliphatic heterocycles. The Hall–Kier alpha value is -2.48. The molecule has 0 atom stereocenters. The monoisotopic (exact) mass is 430 g/mol. The molecule has 4 nitrogen and oxygen atoms in total. The molecule has 0 spiro atoms. The number of furan rings is 1. The Kier molecular flexibility index (Phi) is 5.57. The number of carbonyl (C=O) groups is 1. The Labute approximate surface area is 173 Å². The van der Waals surface area contributed by atoms with Crippen LogP contribution in [0.3, 0.4) is 0 Å². The number of aliphatic imine (C=N–C) groups is 1. The smallest absolute Gasteiger partial charge is 0.264 e. The normalized spacial score (nSPS) is 16.7. The van der Waals surface area contributed by atoms with E-state index in [4.69, 9.17) is 16.0 Å². The molecule has 140 valence electrons. The van der Waals surface area contributed by atoms with Crippen molar-refractivity contribution in [2.24, 2.45) is 4.99 Å². The quantitative estimate of drug-likeness (QED) is 0.507. The summed E-state index contributed by atoms with van der Waals surface area (Å²) in [6, 6.07) is 16.8. The summed E-state index contributed by atoms with van der Waals surface area (Å²) in [7, 11) is 0. The van der Waals surface area contributed by atoms with Gasteiger partial charge in [-0.1, -0.05) is 23.4 Å². The zero-order valence-electron chi connectivity index (χ0n) is 14.2. The van der Waals surface area contributed by atoms with Crippen LogP contribution in [0.25, 0.3) is 6.08 Å². The number of thioether (sulfide) groups is 1. The van der Waals surface area contributed by atoms with Crippen molar-refractivity contribution >= 4 is 58.0 Å². The summed E-state index contributed by atoms with van der Waals surface area (Å²) in [5.41, 5.74) is 0.560. The molecule has 0 saturated carbocycles. The number of amidine groups is 1. The van der Waals surface area contributed by atoms with E-state index >= 15 is 0 Å². The maximum atomic E-state index is 13.0. The third kappa shape index (κ3) is 4.67. The van der Waals surface area contributed by atoms with Crippen LogP contribution in [0.4, 0.5) is 10.1 Å². The third-order valence-electron chi connectivity index (χ3n) is 3.62. The highest BCUT2D eigenvalue weighted by Crippen LogP contribution is 2.32. The summed E-state index contributed by atoms with van der Waals surface area (Å²) in [5, 5.41) is 4.51. The molecular weight excluding hydrogens is 419 g/mol. The number of amides is 1. The van der Waals surface area contributed by atoms with Crippen LogP contribution in [0.1, 0.15) is 5.76 Å². The van der Waals surface area contributed by atoms with Crippen LogP contribution in [0.2, 0.25) is 5.02 Å². The topological polar surface area (TPSA) is 54.6 Å². The molecule has 0 aliphatic carbocycles. The van der Waals surface area contributed by atoms with Crippen molar-refractivity contribution in [1.82, 2.24) is 5.32 Å². The summed E-state index contributed by atoms with van der Waals surface area (Å²) in [4.78, 5) is 17.9. The maximum Gasteiger partial charge on any atom is 0.264 e. The largest absolute Gasteiger partial charge is 0.450 e. The average molecular weight is 431 g/mol. The Morgan fingerprint density at radius 2 is 1.82 bits per heavy atom. The van der Waals surface area contributed by atoms with Gasteiger partial charge in [-0.3, -0.25) is 4.79 Å². The molecule has 8 heteroatoms. The molecule has 0 radical (unpaired) electrons. The lowest BCUT2D eigenvalue weighted by molar-refractivity contribution is -0.115. The number of hydrogen-bond acceptors (Lipinski definition) is 5. The first-order valence-corrected chi connectivity index (χ1v) is 10.1. The Morgan fingerprint density at radius 1 is 1.07 bits per heavy atom. The lowest BCUT2D eigenvalue weighted by Gasteiger charge is -1.97. The van der Waals surface area contributed by atoms with Crippen LogP contribution < -0.4 is 5.32 Å². The first-order valence-electron chi connectivity index (χ1n) is 8.13. The molecular formula is C20H12ClFN2O2S2. The number of rotatable bonds is 4. The molecule has 1 saturated heterocycles. The molecule has 1 aromatic heterocycles. The van der Waals surface area contributed by atoms with E-state index in [0.29, 0.717) is 31.6 Å². The van der Waals surface area contributed by atoms with Gasteiger partial charge in [0.1, 0.15) is 11.6 Å². The summed E-state index contributed by atoms with van der Waals surface area (Å²) in [5.74, 6) is -0.0240. The van der Waals surface area contributed by atoms with Gasteiger partial charge in [0.05, 0.1) is 10.6 Å². The van der Waals surface area contributed by atoms with E-state index in [-0.39, 0.29) is 11.7 Å². The van der Waals surface area contributed by atoms with Crippen molar-refractivity contribution in [3.8, 4) is 0 Å². The van der Waals surface area contributed by atoms with E-state index in [2.05, 4.69) is 10.3 Å².